The van der Waals surface area contributed by atoms with Gasteiger partial charge in [0.15, 0.2) is 5.60 Å². The Labute approximate surface area is 144 Å². The first-order valence-corrected chi connectivity index (χ1v) is 9.31. The highest BCUT2D eigenvalue weighted by Crippen LogP contribution is 2.42. The predicted octanol–water partition coefficient (Wildman–Crippen LogP) is 3.14. The number of hydrogen-bond acceptors (Lipinski definition) is 4. The van der Waals surface area contributed by atoms with Crippen LogP contribution in [0.1, 0.15) is 56.9 Å². The predicted molar refractivity (Wildman–Crippen MR) is 93.5 cm³/mol. The van der Waals surface area contributed by atoms with Crippen LogP contribution in [0.4, 0.5) is 0 Å². The Bertz CT molecular complexity index is 533. The van der Waals surface area contributed by atoms with Crippen LogP contribution in [0.2, 0.25) is 0 Å². The van der Waals surface area contributed by atoms with Crippen molar-refractivity contribution < 1.29 is 14.6 Å². The lowest BCUT2D eigenvalue weighted by Gasteiger charge is -2.35. The average Bonchev–Trinajstić information content (AvgIpc) is 3.17. The summed E-state index contributed by atoms with van der Waals surface area (Å²) < 4.78 is 5.80. The molecule has 2 saturated carbocycles. The molecule has 2 fully saturated rings. The second kappa shape index (κ2) is 7.66. The molecule has 0 amide bonds. The number of benzene rings is 1. The van der Waals surface area contributed by atoms with E-state index < -0.39 is 11.6 Å². The lowest BCUT2D eigenvalue weighted by molar-refractivity contribution is -0.181. The van der Waals surface area contributed by atoms with Gasteiger partial charge in [-0.25, -0.2) is 4.79 Å². The summed E-state index contributed by atoms with van der Waals surface area (Å²) in [6.07, 6.45) is 7.60. The molecule has 1 atom stereocenters. The van der Waals surface area contributed by atoms with Gasteiger partial charge in [-0.3, -0.25) is 0 Å². The second-order valence-electron chi connectivity index (χ2n) is 7.28. The van der Waals surface area contributed by atoms with Gasteiger partial charge in [0, 0.05) is 12.0 Å². The van der Waals surface area contributed by atoms with Crippen molar-refractivity contribution in [2.24, 2.45) is 5.92 Å². The summed E-state index contributed by atoms with van der Waals surface area (Å²) in [5.41, 5.74) is -0.830. The van der Waals surface area contributed by atoms with Gasteiger partial charge in [-0.05, 0) is 51.1 Å². The quantitative estimate of drug-likeness (QED) is 0.814. The Morgan fingerprint density at radius 1 is 1.08 bits per heavy atom. The molecular weight excluding hydrogens is 302 g/mol. The van der Waals surface area contributed by atoms with Crippen LogP contribution in [0.5, 0.6) is 0 Å². The van der Waals surface area contributed by atoms with E-state index in [1.165, 1.54) is 0 Å². The molecule has 0 radical (unpaired) electrons. The fourth-order valence-corrected chi connectivity index (χ4v) is 4.27. The van der Waals surface area contributed by atoms with E-state index in [4.69, 9.17) is 4.74 Å². The topological polar surface area (TPSA) is 58.6 Å². The number of esters is 1. The molecule has 0 aliphatic heterocycles. The second-order valence-corrected chi connectivity index (χ2v) is 7.28. The maximum atomic E-state index is 13.0. The van der Waals surface area contributed by atoms with Gasteiger partial charge in [0.1, 0.15) is 6.10 Å². The molecule has 0 bridgehead atoms. The molecule has 132 valence electrons. The third kappa shape index (κ3) is 3.50. The highest BCUT2D eigenvalue weighted by Gasteiger charge is 2.48. The van der Waals surface area contributed by atoms with Crippen LogP contribution in [0, 0.1) is 5.92 Å². The first-order valence-electron chi connectivity index (χ1n) is 9.31. The van der Waals surface area contributed by atoms with E-state index in [2.05, 4.69) is 5.32 Å². The Kier molecular flexibility index (Phi) is 5.57. The molecule has 24 heavy (non-hydrogen) atoms. The molecule has 1 aromatic rings. The van der Waals surface area contributed by atoms with Crippen molar-refractivity contribution >= 4 is 5.97 Å². The molecule has 2 N–H and O–H groups in total. The molecule has 0 heterocycles. The molecule has 3 rings (SSSR count). The molecule has 1 aromatic carbocycles. The number of carbonyl (C=O) groups is 1. The van der Waals surface area contributed by atoms with Crippen LogP contribution in [0.25, 0.3) is 0 Å². The number of aliphatic hydroxyl groups is 1. The van der Waals surface area contributed by atoms with E-state index in [0.717, 1.165) is 51.4 Å². The zero-order valence-electron chi connectivity index (χ0n) is 14.5. The Morgan fingerprint density at radius 2 is 1.71 bits per heavy atom. The minimum Gasteiger partial charge on any atom is -0.460 e. The van der Waals surface area contributed by atoms with Crippen molar-refractivity contribution in [3.63, 3.8) is 0 Å². The summed E-state index contributed by atoms with van der Waals surface area (Å²) in [5.74, 6) is -0.491. The summed E-state index contributed by atoms with van der Waals surface area (Å²) in [5, 5.41) is 14.7. The van der Waals surface area contributed by atoms with E-state index in [1.807, 2.05) is 37.4 Å². The molecule has 2 aliphatic rings. The third-order valence-electron chi connectivity index (χ3n) is 5.83. The number of hydrogen-bond donors (Lipinski definition) is 2. The maximum Gasteiger partial charge on any atom is 0.343 e. The van der Waals surface area contributed by atoms with Crippen LogP contribution in [0.3, 0.4) is 0 Å². The van der Waals surface area contributed by atoms with Crippen LogP contribution in [-0.4, -0.2) is 30.3 Å². The third-order valence-corrected chi connectivity index (χ3v) is 5.83. The Hall–Kier alpha value is -1.39. The first kappa shape index (κ1) is 17.4. The number of nitrogens with one attached hydrogen (secondary N) is 1. The summed E-state index contributed by atoms with van der Waals surface area (Å²) in [7, 11) is 1.98. The van der Waals surface area contributed by atoms with Crippen molar-refractivity contribution in [3.05, 3.63) is 35.9 Å². The highest BCUT2D eigenvalue weighted by atomic mass is 16.6. The van der Waals surface area contributed by atoms with E-state index in [-0.39, 0.29) is 12.0 Å². The number of ether oxygens (including phenoxy) is 1. The van der Waals surface area contributed by atoms with Gasteiger partial charge in [-0.1, -0.05) is 43.2 Å². The monoisotopic (exact) mass is 331 g/mol. The lowest BCUT2D eigenvalue weighted by Crippen LogP contribution is -2.45. The molecule has 0 spiro atoms. The van der Waals surface area contributed by atoms with Gasteiger partial charge in [-0.15, -0.1) is 0 Å². The molecule has 4 nitrogen and oxygen atoms in total. The minimum absolute atomic E-state index is 0.0407. The summed E-state index contributed by atoms with van der Waals surface area (Å²) in [4.78, 5) is 13.0. The van der Waals surface area contributed by atoms with Crippen molar-refractivity contribution in [3.8, 4) is 0 Å². The van der Waals surface area contributed by atoms with Crippen LogP contribution >= 0.6 is 0 Å². The SMILES string of the molecule is CNC1CCC(OC(=O)[C@](O)(c2ccccc2)C2CCCC2)CC1. The maximum absolute atomic E-state index is 13.0. The van der Waals surface area contributed by atoms with Gasteiger partial charge < -0.3 is 15.2 Å². The smallest absolute Gasteiger partial charge is 0.343 e. The van der Waals surface area contributed by atoms with Gasteiger partial charge in [0.25, 0.3) is 0 Å². The van der Waals surface area contributed by atoms with Crippen molar-refractivity contribution in [2.45, 2.75) is 69.1 Å². The van der Waals surface area contributed by atoms with Crippen molar-refractivity contribution in [2.75, 3.05) is 7.05 Å². The van der Waals surface area contributed by atoms with Crippen molar-refractivity contribution in [1.29, 1.82) is 0 Å². The fourth-order valence-electron chi connectivity index (χ4n) is 4.27. The van der Waals surface area contributed by atoms with E-state index in [9.17, 15) is 9.90 Å². The van der Waals surface area contributed by atoms with E-state index in [1.54, 1.807) is 0 Å². The van der Waals surface area contributed by atoms with Gasteiger partial charge >= 0.3 is 5.97 Å². The standard InChI is InChI=1S/C20H29NO3/c1-21-17-11-13-18(14-12-17)24-19(22)20(23,16-9-5-6-10-16)15-7-3-2-4-8-15/h2-4,7-8,16-18,21,23H,5-6,9-14H2,1H3/t17?,18?,20-/m0/s1. The Balaban J connectivity index is 1.75. The number of rotatable bonds is 5. The molecule has 2 aliphatic carbocycles. The molecular formula is C20H29NO3. The van der Waals surface area contributed by atoms with Crippen molar-refractivity contribution in [1.82, 2.24) is 5.32 Å². The van der Waals surface area contributed by atoms with Gasteiger partial charge in [0.2, 0.25) is 0 Å². The first-order chi connectivity index (χ1) is 11.6. The number of carbonyl (C=O) groups excluding carboxylic acids is 1. The fraction of sp³-hybridized carbons (Fsp3) is 0.650. The zero-order chi connectivity index (χ0) is 17.0. The van der Waals surface area contributed by atoms with E-state index in [0.29, 0.717) is 11.6 Å². The average molecular weight is 331 g/mol. The lowest BCUT2D eigenvalue weighted by atomic mass is 9.80. The van der Waals surface area contributed by atoms with Gasteiger partial charge in [0.05, 0.1) is 0 Å². The zero-order valence-corrected chi connectivity index (χ0v) is 14.5. The van der Waals surface area contributed by atoms with Crippen LogP contribution < -0.4 is 5.32 Å². The normalized spacial score (nSPS) is 27.6. The largest absolute Gasteiger partial charge is 0.460 e. The molecule has 0 saturated heterocycles. The summed E-state index contributed by atoms with van der Waals surface area (Å²) >= 11 is 0. The van der Waals surface area contributed by atoms with Crippen LogP contribution in [-0.2, 0) is 15.1 Å². The highest BCUT2D eigenvalue weighted by molar-refractivity contribution is 5.81. The molecule has 4 heteroatoms. The summed E-state index contributed by atoms with van der Waals surface area (Å²) in [6, 6.07) is 9.86. The van der Waals surface area contributed by atoms with Gasteiger partial charge in [-0.2, -0.15) is 0 Å². The minimum atomic E-state index is -1.50. The Morgan fingerprint density at radius 3 is 2.29 bits per heavy atom. The van der Waals surface area contributed by atoms with Crippen LogP contribution in [0.15, 0.2) is 30.3 Å². The molecule has 0 unspecified atom stereocenters. The summed E-state index contributed by atoms with van der Waals surface area (Å²) in [6.45, 7) is 0. The molecule has 0 aromatic heterocycles. The van der Waals surface area contributed by atoms with E-state index >= 15 is 0 Å².